The number of aliphatic hydroxyl groups excluding tert-OH is 5. The van der Waals surface area contributed by atoms with Gasteiger partial charge in [0.2, 0.25) is 0 Å². The molecule has 0 bridgehead atoms. The van der Waals surface area contributed by atoms with Crippen molar-refractivity contribution in [3.05, 3.63) is 0 Å². The van der Waals surface area contributed by atoms with E-state index in [0.717, 1.165) is 4.90 Å². The minimum Gasteiger partial charge on any atom is -0.748 e. The van der Waals surface area contributed by atoms with Gasteiger partial charge in [-0.15, -0.1) is 0 Å². The molecule has 134 valence electrons. The monoisotopic (exact) mass is 344 g/mol. The van der Waals surface area contributed by atoms with Crippen LogP contribution in [0, 0.1) is 5.92 Å². The first kappa shape index (κ1) is 21.7. The highest BCUT2D eigenvalue weighted by Gasteiger charge is 2.42. The van der Waals surface area contributed by atoms with Crippen LogP contribution >= 0.6 is 0 Å². The lowest BCUT2D eigenvalue weighted by Crippen LogP contribution is -2.63. The van der Waals surface area contributed by atoms with E-state index < -0.39 is 53.6 Å². The maximum atomic E-state index is 10.7. The Morgan fingerprint density at radius 3 is 1.95 bits per heavy atom. The number of hydrogen-bond acceptors (Lipinski definition) is 9. The summed E-state index contributed by atoms with van der Waals surface area (Å²) in [5.41, 5.74) is -1.37. The van der Waals surface area contributed by atoms with Gasteiger partial charge in [0.15, 0.2) is 0 Å². The number of nitrogens with zero attached hydrogens (tertiary/aromatic N) is 1. The molecule has 0 saturated carbocycles. The summed E-state index contributed by atoms with van der Waals surface area (Å²) in [5.74, 6) is -1.22. The third-order valence-corrected chi connectivity index (χ3v) is 4.12. The second-order valence-corrected chi connectivity index (χ2v) is 7.21. The quantitative estimate of drug-likeness (QED) is 0.198. The Labute approximate surface area is 130 Å². The van der Waals surface area contributed by atoms with Crippen LogP contribution in [0.1, 0.15) is 20.3 Å². The van der Waals surface area contributed by atoms with Crippen molar-refractivity contribution in [3.8, 4) is 0 Å². The topological polar surface area (TPSA) is 162 Å². The predicted octanol–water partition coefficient (Wildman–Crippen LogP) is -2.73. The number of hydrogen-bond donors (Lipinski definition) is 5. The van der Waals surface area contributed by atoms with Crippen molar-refractivity contribution in [1.82, 2.24) is 4.90 Å². The first-order chi connectivity index (χ1) is 10.0. The molecule has 0 aromatic carbocycles. The maximum Gasteiger partial charge on any atom is 0.135 e. The Bertz CT molecular complexity index is 409. The third-order valence-electron chi connectivity index (χ3n) is 3.37. The van der Waals surface area contributed by atoms with E-state index in [1.54, 1.807) is 0 Å². The van der Waals surface area contributed by atoms with Crippen LogP contribution in [0.25, 0.3) is 0 Å². The van der Waals surface area contributed by atoms with Crippen LogP contribution in [0.15, 0.2) is 0 Å². The first-order valence-electron chi connectivity index (χ1n) is 6.92. The molecule has 0 fully saturated rings. The zero-order valence-corrected chi connectivity index (χ0v) is 13.6. The standard InChI is InChI=1S/C12H27NO8S/c1-9(2)5-12(7-15,8-16)13(3-4-14)11(18)10(17)6-22(19,20)21/h9-11,14-18H,3-8H2,1-2H3,(H,19,20,21)/p-1. The van der Waals surface area contributed by atoms with E-state index in [-0.39, 0.29) is 18.9 Å². The van der Waals surface area contributed by atoms with Gasteiger partial charge in [-0.05, 0) is 12.3 Å². The summed E-state index contributed by atoms with van der Waals surface area (Å²) < 4.78 is 32.1. The van der Waals surface area contributed by atoms with Gasteiger partial charge in [0.25, 0.3) is 0 Å². The van der Waals surface area contributed by atoms with Crippen LogP contribution in [-0.2, 0) is 10.1 Å². The highest BCUT2D eigenvalue weighted by molar-refractivity contribution is 7.85. The van der Waals surface area contributed by atoms with E-state index >= 15 is 0 Å². The van der Waals surface area contributed by atoms with E-state index in [2.05, 4.69) is 0 Å². The molecule has 0 spiro atoms. The number of aliphatic hydroxyl groups is 5. The predicted molar refractivity (Wildman–Crippen MR) is 76.7 cm³/mol. The van der Waals surface area contributed by atoms with Crippen LogP contribution in [0.2, 0.25) is 0 Å². The lowest BCUT2D eigenvalue weighted by molar-refractivity contribution is -0.154. The summed E-state index contributed by atoms with van der Waals surface area (Å²) in [6.45, 7) is 1.74. The van der Waals surface area contributed by atoms with Gasteiger partial charge in [0.1, 0.15) is 12.3 Å². The zero-order valence-electron chi connectivity index (χ0n) is 12.8. The largest absolute Gasteiger partial charge is 0.748 e. The Kier molecular flexibility index (Phi) is 8.95. The van der Waals surface area contributed by atoms with Crippen molar-refractivity contribution in [3.63, 3.8) is 0 Å². The molecule has 10 heteroatoms. The molecule has 2 atom stereocenters. The van der Waals surface area contributed by atoms with Crippen LogP contribution in [0.4, 0.5) is 0 Å². The molecule has 0 aliphatic heterocycles. The van der Waals surface area contributed by atoms with Crippen LogP contribution in [0.5, 0.6) is 0 Å². The van der Waals surface area contributed by atoms with Gasteiger partial charge < -0.3 is 30.1 Å². The Morgan fingerprint density at radius 1 is 1.14 bits per heavy atom. The van der Waals surface area contributed by atoms with Crippen molar-refractivity contribution in [2.24, 2.45) is 5.92 Å². The van der Waals surface area contributed by atoms with E-state index in [9.17, 15) is 33.4 Å². The van der Waals surface area contributed by atoms with Gasteiger partial charge in [-0.3, -0.25) is 4.90 Å². The summed E-state index contributed by atoms with van der Waals surface area (Å²) in [5, 5.41) is 48.2. The molecular weight excluding hydrogens is 318 g/mol. The first-order valence-corrected chi connectivity index (χ1v) is 8.49. The Balaban J connectivity index is 5.46. The molecule has 0 aliphatic rings. The molecule has 0 aliphatic carbocycles. The van der Waals surface area contributed by atoms with Crippen molar-refractivity contribution in [2.75, 3.05) is 32.1 Å². The molecule has 0 aromatic heterocycles. The fourth-order valence-corrected chi connectivity index (χ4v) is 3.09. The van der Waals surface area contributed by atoms with E-state index in [1.807, 2.05) is 13.8 Å². The van der Waals surface area contributed by atoms with Crippen LogP contribution in [0.3, 0.4) is 0 Å². The molecule has 0 radical (unpaired) electrons. The van der Waals surface area contributed by atoms with Crippen molar-refractivity contribution < 1.29 is 38.5 Å². The third kappa shape index (κ3) is 6.42. The summed E-state index contributed by atoms with van der Waals surface area (Å²) in [6.07, 6.45) is -3.55. The van der Waals surface area contributed by atoms with E-state index in [0.29, 0.717) is 0 Å². The van der Waals surface area contributed by atoms with Crippen LogP contribution in [-0.4, -0.2) is 93.4 Å². The molecule has 0 amide bonds. The average molecular weight is 344 g/mol. The SMILES string of the molecule is CC(C)CC(CO)(CO)N(CCO)C(O)C(O)CS(=O)(=O)[O-]. The fraction of sp³-hybridized carbons (Fsp3) is 1.00. The normalized spacial score (nSPS) is 16.3. The lowest BCUT2D eigenvalue weighted by atomic mass is 9.87. The second kappa shape index (κ2) is 9.08. The summed E-state index contributed by atoms with van der Waals surface area (Å²) in [4.78, 5) is 1.03. The summed E-state index contributed by atoms with van der Waals surface area (Å²) in [6, 6.07) is 0. The maximum absolute atomic E-state index is 10.7. The average Bonchev–Trinajstić information content (AvgIpc) is 2.39. The van der Waals surface area contributed by atoms with Gasteiger partial charge in [-0.1, -0.05) is 13.8 Å². The smallest absolute Gasteiger partial charge is 0.135 e. The van der Waals surface area contributed by atoms with Gasteiger partial charge >= 0.3 is 0 Å². The highest BCUT2D eigenvalue weighted by Crippen LogP contribution is 2.26. The van der Waals surface area contributed by atoms with Gasteiger partial charge in [-0.2, -0.15) is 0 Å². The molecule has 0 saturated heterocycles. The fourth-order valence-electron chi connectivity index (χ4n) is 2.50. The van der Waals surface area contributed by atoms with Crippen molar-refractivity contribution in [2.45, 2.75) is 38.1 Å². The molecule has 9 nitrogen and oxygen atoms in total. The van der Waals surface area contributed by atoms with Crippen molar-refractivity contribution in [1.29, 1.82) is 0 Å². The van der Waals surface area contributed by atoms with Gasteiger partial charge in [-0.25, -0.2) is 8.42 Å². The minimum atomic E-state index is -4.77. The molecule has 0 heterocycles. The van der Waals surface area contributed by atoms with E-state index in [4.69, 9.17) is 5.11 Å². The molecule has 5 N–H and O–H groups in total. The van der Waals surface area contributed by atoms with Crippen molar-refractivity contribution >= 4 is 10.1 Å². The van der Waals surface area contributed by atoms with E-state index in [1.165, 1.54) is 0 Å². The van der Waals surface area contributed by atoms with Crippen LogP contribution < -0.4 is 0 Å². The van der Waals surface area contributed by atoms with Gasteiger partial charge in [0, 0.05) is 6.54 Å². The molecule has 2 unspecified atom stereocenters. The van der Waals surface area contributed by atoms with Gasteiger partial charge in [0.05, 0.1) is 41.2 Å². The Hall–Kier alpha value is -0.330. The summed E-state index contributed by atoms with van der Waals surface area (Å²) >= 11 is 0. The Morgan fingerprint density at radius 2 is 1.64 bits per heavy atom. The number of rotatable bonds is 11. The molecule has 22 heavy (non-hydrogen) atoms. The molecule has 0 aromatic rings. The number of β-amino-alcohol motifs (C(OH)–C–C–N with tert-alkyl or cyclic N) is 1. The molecule has 0 rings (SSSR count). The summed E-state index contributed by atoms with van der Waals surface area (Å²) in [7, 11) is -4.77. The zero-order chi connectivity index (χ0) is 17.6. The second-order valence-electron chi connectivity index (χ2n) is 5.76. The molecular formula is C12H26NO8S-. The minimum absolute atomic E-state index is 0.00641. The lowest BCUT2D eigenvalue weighted by Gasteiger charge is -2.46. The highest BCUT2D eigenvalue weighted by atomic mass is 32.2.